The van der Waals surface area contributed by atoms with E-state index in [0.717, 1.165) is 24.1 Å². The van der Waals surface area contributed by atoms with Crippen LogP contribution in [0, 0.1) is 19.8 Å². The van der Waals surface area contributed by atoms with Crippen molar-refractivity contribution in [3.05, 3.63) is 16.0 Å². The molecule has 1 aromatic rings. The molecule has 2 rings (SSSR count). The number of rotatable bonds is 3. The first kappa shape index (κ1) is 15.8. The zero-order chi connectivity index (χ0) is 15.6. The molecule has 1 aliphatic carbocycles. The number of carboxylic acid groups (broad SMARTS) is 1. The van der Waals surface area contributed by atoms with E-state index in [9.17, 15) is 14.7 Å². The number of aromatic carboxylic acids is 1. The molecule has 0 spiro atoms. The molecular weight excluding hydrogens is 288 g/mol. The van der Waals surface area contributed by atoms with Gasteiger partial charge in [-0.15, -0.1) is 11.3 Å². The SMILES string of the molecule is Cc1sc(NC(=O)NC2CCCC(C)C2)c(C(=O)O)c1C. The van der Waals surface area contributed by atoms with Gasteiger partial charge in [-0.3, -0.25) is 5.32 Å². The van der Waals surface area contributed by atoms with Crippen molar-refractivity contribution in [2.24, 2.45) is 5.92 Å². The summed E-state index contributed by atoms with van der Waals surface area (Å²) in [5.74, 6) is -0.372. The molecule has 0 aliphatic heterocycles. The number of anilines is 1. The van der Waals surface area contributed by atoms with Crippen LogP contribution < -0.4 is 10.6 Å². The number of nitrogens with one attached hydrogen (secondary N) is 2. The number of urea groups is 1. The van der Waals surface area contributed by atoms with Crippen LogP contribution in [0.25, 0.3) is 0 Å². The molecule has 0 radical (unpaired) electrons. The molecule has 0 bridgehead atoms. The topological polar surface area (TPSA) is 78.4 Å². The second-order valence-corrected chi connectivity index (χ2v) is 7.08. The van der Waals surface area contributed by atoms with Gasteiger partial charge in [0.05, 0.1) is 5.56 Å². The minimum atomic E-state index is -1.00. The van der Waals surface area contributed by atoms with Crippen LogP contribution in [0.1, 0.15) is 53.4 Å². The molecular formula is C15H22N2O3S. The fourth-order valence-electron chi connectivity index (χ4n) is 2.86. The van der Waals surface area contributed by atoms with Crippen molar-refractivity contribution in [3.8, 4) is 0 Å². The van der Waals surface area contributed by atoms with Crippen molar-refractivity contribution in [3.63, 3.8) is 0 Å². The van der Waals surface area contributed by atoms with E-state index in [1.807, 2.05) is 6.92 Å². The first-order valence-corrected chi connectivity index (χ1v) is 8.11. The highest BCUT2D eigenvalue weighted by Crippen LogP contribution is 2.32. The number of amides is 2. The predicted octanol–water partition coefficient (Wildman–Crippen LogP) is 3.76. The number of hydrogen-bond donors (Lipinski definition) is 3. The number of hydrogen-bond acceptors (Lipinski definition) is 3. The molecule has 0 aromatic carbocycles. The number of carboxylic acids is 1. The number of carbonyl (C=O) groups is 2. The average Bonchev–Trinajstić information content (AvgIpc) is 2.64. The molecule has 1 fully saturated rings. The Kier molecular flexibility index (Phi) is 4.88. The number of thiophene rings is 1. The third kappa shape index (κ3) is 3.75. The molecule has 2 atom stereocenters. The maximum Gasteiger partial charge on any atom is 0.338 e. The highest BCUT2D eigenvalue weighted by Gasteiger charge is 2.23. The Morgan fingerprint density at radius 1 is 1.29 bits per heavy atom. The van der Waals surface area contributed by atoms with Gasteiger partial charge in [-0.1, -0.05) is 19.8 Å². The summed E-state index contributed by atoms with van der Waals surface area (Å²) < 4.78 is 0. The third-order valence-electron chi connectivity index (χ3n) is 4.10. The van der Waals surface area contributed by atoms with Gasteiger partial charge in [0.1, 0.15) is 5.00 Å². The van der Waals surface area contributed by atoms with Crippen LogP contribution in [0.2, 0.25) is 0 Å². The van der Waals surface area contributed by atoms with E-state index in [4.69, 9.17) is 0 Å². The number of aryl methyl sites for hydroxylation is 1. The van der Waals surface area contributed by atoms with Crippen molar-refractivity contribution in [2.75, 3.05) is 5.32 Å². The van der Waals surface area contributed by atoms with E-state index < -0.39 is 5.97 Å². The first-order chi connectivity index (χ1) is 9.88. The van der Waals surface area contributed by atoms with Crippen molar-refractivity contribution in [2.45, 2.75) is 52.5 Å². The molecule has 2 amide bonds. The lowest BCUT2D eigenvalue weighted by molar-refractivity contribution is 0.0697. The van der Waals surface area contributed by atoms with Crippen molar-refractivity contribution >= 4 is 28.3 Å². The second kappa shape index (κ2) is 6.47. The monoisotopic (exact) mass is 310 g/mol. The summed E-state index contributed by atoms with van der Waals surface area (Å²) in [5, 5.41) is 15.3. The molecule has 1 saturated carbocycles. The lowest BCUT2D eigenvalue weighted by Gasteiger charge is -2.27. The lowest BCUT2D eigenvalue weighted by atomic mass is 9.87. The van der Waals surface area contributed by atoms with Crippen LogP contribution in [-0.4, -0.2) is 23.1 Å². The third-order valence-corrected chi connectivity index (χ3v) is 5.22. The van der Waals surface area contributed by atoms with E-state index in [1.54, 1.807) is 6.92 Å². The fourth-order valence-corrected chi connectivity index (χ4v) is 3.91. The largest absolute Gasteiger partial charge is 0.478 e. The fraction of sp³-hybridized carbons (Fsp3) is 0.600. The Morgan fingerprint density at radius 2 is 2.00 bits per heavy atom. The highest BCUT2D eigenvalue weighted by molar-refractivity contribution is 7.16. The van der Waals surface area contributed by atoms with Gasteiger partial charge in [0, 0.05) is 10.9 Å². The number of carbonyl (C=O) groups excluding carboxylic acids is 1. The molecule has 2 unspecified atom stereocenters. The van der Waals surface area contributed by atoms with Crippen LogP contribution in [-0.2, 0) is 0 Å². The van der Waals surface area contributed by atoms with Crippen molar-refractivity contribution in [1.82, 2.24) is 5.32 Å². The average molecular weight is 310 g/mol. The maximum atomic E-state index is 12.1. The van der Waals surface area contributed by atoms with Crippen LogP contribution in [0.5, 0.6) is 0 Å². The van der Waals surface area contributed by atoms with E-state index >= 15 is 0 Å². The summed E-state index contributed by atoms with van der Waals surface area (Å²) >= 11 is 1.31. The molecule has 5 nitrogen and oxygen atoms in total. The molecule has 1 heterocycles. The molecule has 116 valence electrons. The van der Waals surface area contributed by atoms with Crippen LogP contribution in [0.3, 0.4) is 0 Å². The normalized spacial score (nSPS) is 21.9. The van der Waals surface area contributed by atoms with E-state index in [2.05, 4.69) is 17.6 Å². The van der Waals surface area contributed by atoms with Gasteiger partial charge in [-0.25, -0.2) is 9.59 Å². The Balaban J connectivity index is 2.03. The Hall–Kier alpha value is -1.56. The molecule has 6 heteroatoms. The van der Waals surface area contributed by atoms with Gasteiger partial charge >= 0.3 is 12.0 Å². The Labute approximate surface area is 128 Å². The van der Waals surface area contributed by atoms with Gasteiger partial charge in [-0.05, 0) is 38.2 Å². The Bertz CT molecular complexity index is 553. The summed E-state index contributed by atoms with van der Waals surface area (Å²) in [4.78, 5) is 24.3. The molecule has 0 saturated heterocycles. The van der Waals surface area contributed by atoms with Gasteiger partial charge in [0.2, 0.25) is 0 Å². The van der Waals surface area contributed by atoms with Gasteiger partial charge in [0.15, 0.2) is 0 Å². The zero-order valence-corrected chi connectivity index (χ0v) is 13.5. The van der Waals surface area contributed by atoms with Crippen molar-refractivity contribution < 1.29 is 14.7 Å². The van der Waals surface area contributed by atoms with E-state index in [1.165, 1.54) is 17.8 Å². The summed E-state index contributed by atoms with van der Waals surface area (Å²) in [6, 6.07) is -0.123. The van der Waals surface area contributed by atoms with Crippen molar-refractivity contribution in [1.29, 1.82) is 0 Å². The van der Waals surface area contributed by atoms with Gasteiger partial charge in [0.25, 0.3) is 0 Å². The van der Waals surface area contributed by atoms with Gasteiger partial charge in [-0.2, -0.15) is 0 Å². The summed E-state index contributed by atoms with van der Waals surface area (Å²) in [6.45, 7) is 5.82. The minimum Gasteiger partial charge on any atom is -0.478 e. The van der Waals surface area contributed by atoms with Crippen LogP contribution in [0.4, 0.5) is 9.80 Å². The quantitative estimate of drug-likeness (QED) is 0.795. The molecule has 3 N–H and O–H groups in total. The highest BCUT2D eigenvalue weighted by atomic mass is 32.1. The molecule has 1 aromatic heterocycles. The van der Waals surface area contributed by atoms with E-state index in [-0.39, 0.29) is 17.6 Å². The maximum absolute atomic E-state index is 12.1. The van der Waals surface area contributed by atoms with Crippen LogP contribution >= 0.6 is 11.3 Å². The summed E-state index contributed by atoms with van der Waals surface area (Å²) in [6.07, 6.45) is 4.32. The van der Waals surface area contributed by atoms with Gasteiger partial charge < -0.3 is 10.4 Å². The predicted molar refractivity (Wildman–Crippen MR) is 84.3 cm³/mol. The minimum absolute atomic E-state index is 0.184. The molecule has 21 heavy (non-hydrogen) atoms. The standard InChI is InChI=1S/C15H22N2O3S/c1-8-5-4-6-11(7-8)16-15(20)17-13-12(14(18)19)9(2)10(3)21-13/h8,11H,4-7H2,1-3H3,(H,18,19)(H2,16,17,20). The van der Waals surface area contributed by atoms with E-state index in [0.29, 0.717) is 16.5 Å². The smallest absolute Gasteiger partial charge is 0.338 e. The summed E-state index contributed by atoms with van der Waals surface area (Å²) in [5.41, 5.74) is 0.916. The van der Waals surface area contributed by atoms with Crippen LogP contribution in [0.15, 0.2) is 0 Å². The Morgan fingerprint density at radius 3 is 2.62 bits per heavy atom. The molecule has 1 aliphatic rings. The first-order valence-electron chi connectivity index (χ1n) is 7.29. The lowest BCUT2D eigenvalue weighted by Crippen LogP contribution is -2.40. The summed E-state index contributed by atoms with van der Waals surface area (Å²) in [7, 11) is 0. The second-order valence-electron chi connectivity index (χ2n) is 5.86. The zero-order valence-electron chi connectivity index (χ0n) is 12.7.